The summed E-state index contributed by atoms with van der Waals surface area (Å²) in [5.74, 6) is 0.777. The zero-order valence-electron chi connectivity index (χ0n) is 17.6. The average molecular weight is 424 g/mol. The van der Waals surface area contributed by atoms with Gasteiger partial charge in [0.25, 0.3) is 0 Å². The Morgan fingerprint density at radius 1 is 1.10 bits per heavy atom. The molecule has 156 valence electrons. The van der Waals surface area contributed by atoms with E-state index >= 15 is 0 Å². The first-order valence-electron chi connectivity index (χ1n) is 9.62. The quantitative estimate of drug-likeness (QED) is 0.166. The van der Waals surface area contributed by atoms with E-state index in [1.807, 2.05) is 56.5 Å². The lowest BCUT2D eigenvalue weighted by atomic mass is 10.1. The molecule has 8 heteroatoms. The predicted molar refractivity (Wildman–Crippen MR) is 119 cm³/mol. The maximum atomic E-state index is 5.47. The monoisotopic (exact) mass is 423 g/mol. The van der Waals surface area contributed by atoms with Crippen LogP contribution in [0.3, 0.4) is 0 Å². The molecule has 0 unspecified atom stereocenters. The molecule has 0 aromatic carbocycles. The van der Waals surface area contributed by atoms with Gasteiger partial charge in [0.1, 0.15) is 18.1 Å². The molecule has 0 saturated carbocycles. The molecule has 0 bridgehead atoms. The fourth-order valence-electron chi connectivity index (χ4n) is 2.80. The minimum Gasteiger partial charge on any atom is -0.497 e. The maximum Gasteiger partial charge on any atom is 0.187 e. The number of hydrogen-bond acceptors (Lipinski definition) is 8. The van der Waals surface area contributed by atoms with Crippen molar-refractivity contribution in [2.45, 2.75) is 31.8 Å². The van der Waals surface area contributed by atoms with Gasteiger partial charge in [0.2, 0.25) is 0 Å². The van der Waals surface area contributed by atoms with Crippen LogP contribution >= 0.6 is 11.8 Å². The Kier molecular flexibility index (Phi) is 7.73. The molecule has 0 saturated heterocycles. The van der Waals surface area contributed by atoms with E-state index in [0.29, 0.717) is 11.8 Å². The van der Waals surface area contributed by atoms with E-state index in [-0.39, 0.29) is 0 Å². The molecule has 30 heavy (non-hydrogen) atoms. The molecule has 0 aliphatic heterocycles. The molecule has 0 amide bonds. The summed E-state index contributed by atoms with van der Waals surface area (Å²) in [6, 6.07) is 11.6. The summed E-state index contributed by atoms with van der Waals surface area (Å²) < 4.78 is 5.34. The standard InChI is InChI=1S/C22H25N5O2S/c1-15-13-18(28-3)14-21(24-15)20-9-5-7-17(25-20)8-6-12-29-27-16(2)19-10-11-23-22(26-19)30-4/h5,7,9-11,13-14H,6,8,12H2,1-4H3/b27-16+. The van der Waals surface area contributed by atoms with E-state index in [9.17, 15) is 0 Å². The van der Waals surface area contributed by atoms with Crippen LogP contribution in [0.4, 0.5) is 0 Å². The van der Waals surface area contributed by atoms with Gasteiger partial charge in [-0.05, 0) is 51.1 Å². The third-order valence-corrected chi connectivity index (χ3v) is 4.85. The Hall–Kier alpha value is -3.00. The van der Waals surface area contributed by atoms with Gasteiger partial charge in [-0.1, -0.05) is 23.0 Å². The van der Waals surface area contributed by atoms with Gasteiger partial charge in [-0.25, -0.2) is 9.97 Å². The fraction of sp³-hybridized carbons (Fsp3) is 0.318. The van der Waals surface area contributed by atoms with Crippen molar-refractivity contribution in [1.29, 1.82) is 0 Å². The Labute approximate surface area is 181 Å². The number of nitrogens with zero attached hydrogens (tertiary/aromatic N) is 5. The van der Waals surface area contributed by atoms with E-state index in [2.05, 4.69) is 20.1 Å². The first-order valence-corrected chi connectivity index (χ1v) is 10.8. The van der Waals surface area contributed by atoms with E-state index in [1.54, 1.807) is 13.3 Å². The minimum absolute atomic E-state index is 0.500. The molecule has 0 spiro atoms. The van der Waals surface area contributed by atoms with Crippen LogP contribution < -0.4 is 4.74 Å². The molecular weight excluding hydrogens is 398 g/mol. The molecular formula is C22H25N5O2S. The number of pyridine rings is 2. The molecule has 0 N–H and O–H groups in total. The Morgan fingerprint density at radius 2 is 1.97 bits per heavy atom. The molecule has 3 heterocycles. The molecule has 3 aromatic heterocycles. The minimum atomic E-state index is 0.500. The molecule has 0 radical (unpaired) electrons. The Balaban J connectivity index is 1.55. The third kappa shape index (κ3) is 6.00. The molecule has 0 atom stereocenters. The van der Waals surface area contributed by atoms with Crippen LogP contribution in [-0.4, -0.2) is 45.6 Å². The average Bonchev–Trinajstić information content (AvgIpc) is 2.78. The number of hydrogen-bond donors (Lipinski definition) is 0. The maximum absolute atomic E-state index is 5.47. The van der Waals surface area contributed by atoms with Gasteiger partial charge in [-0.15, -0.1) is 0 Å². The SMILES string of the molecule is COc1cc(C)nc(-c2cccc(CCCO/N=C(\C)c3ccnc(SC)n3)n2)c1. The summed E-state index contributed by atoms with van der Waals surface area (Å²) >= 11 is 1.50. The number of rotatable bonds is 9. The van der Waals surface area contributed by atoms with Crippen molar-refractivity contribution in [1.82, 2.24) is 19.9 Å². The topological polar surface area (TPSA) is 82.4 Å². The van der Waals surface area contributed by atoms with Crippen molar-refractivity contribution in [2.75, 3.05) is 20.0 Å². The van der Waals surface area contributed by atoms with Gasteiger partial charge in [-0.2, -0.15) is 0 Å². The van der Waals surface area contributed by atoms with Crippen molar-refractivity contribution >= 4 is 17.5 Å². The summed E-state index contributed by atoms with van der Waals surface area (Å²) in [7, 11) is 1.65. The Morgan fingerprint density at radius 3 is 2.77 bits per heavy atom. The fourth-order valence-corrected chi connectivity index (χ4v) is 3.15. The second-order valence-corrected chi connectivity index (χ2v) is 7.36. The highest BCUT2D eigenvalue weighted by Crippen LogP contribution is 2.22. The van der Waals surface area contributed by atoms with Gasteiger partial charge in [-0.3, -0.25) is 9.97 Å². The van der Waals surface area contributed by atoms with Gasteiger partial charge >= 0.3 is 0 Å². The smallest absolute Gasteiger partial charge is 0.187 e. The zero-order chi connectivity index (χ0) is 21.3. The highest BCUT2D eigenvalue weighted by molar-refractivity contribution is 7.98. The lowest BCUT2D eigenvalue weighted by Gasteiger charge is -2.07. The van der Waals surface area contributed by atoms with Crippen molar-refractivity contribution in [3.05, 3.63) is 59.7 Å². The highest BCUT2D eigenvalue weighted by Gasteiger charge is 2.07. The molecule has 3 rings (SSSR count). The summed E-state index contributed by atoms with van der Waals surface area (Å²) in [6.45, 7) is 4.32. The first kappa shape index (κ1) is 21.7. The van der Waals surface area contributed by atoms with Crippen molar-refractivity contribution in [2.24, 2.45) is 5.16 Å². The van der Waals surface area contributed by atoms with Crippen LogP contribution in [0.5, 0.6) is 5.75 Å². The Bertz CT molecular complexity index is 1030. The molecule has 3 aromatic rings. The molecule has 0 fully saturated rings. The second-order valence-electron chi connectivity index (χ2n) is 6.59. The van der Waals surface area contributed by atoms with Gasteiger partial charge in [0.05, 0.1) is 24.2 Å². The van der Waals surface area contributed by atoms with Crippen LogP contribution in [0.1, 0.15) is 30.4 Å². The van der Waals surface area contributed by atoms with E-state index < -0.39 is 0 Å². The van der Waals surface area contributed by atoms with Gasteiger partial charge in [0.15, 0.2) is 5.16 Å². The summed E-state index contributed by atoms with van der Waals surface area (Å²) in [6.07, 6.45) is 5.26. The van der Waals surface area contributed by atoms with Crippen LogP contribution in [0.15, 0.2) is 52.9 Å². The number of methoxy groups -OCH3 is 1. The predicted octanol–water partition coefficient (Wildman–Crippen LogP) is 4.35. The van der Waals surface area contributed by atoms with Crippen LogP contribution in [0, 0.1) is 6.92 Å². The van der Waals surface area contributed by atoms with Gasteiger partial charge in [0, 0.05) is 29.7 Å². The molecule has 0 aliphatic rings. The van der Waals surface area contributed by atoms with E-state index in [4.69, 9.17) is 14.6 Å². The normalized spacial score (nSPS) is 11.4. The number of aryl methyl sites for hydroxylation is 2. The van der Waals surface area contributed by atoms with Gasteiger partial charge < -0.3 is 9.57 Å². The van der Waals surface area contributed by atoms with Crippen molar-refractivity contribution in [3.63, 3.8) is 0 Å². The lowest BCUT2D eigenvalue weighted by molar-refractivity contribution is 0.141. The largest absolute Gasteiger partial charge is 0.497 e. The lowest BCUT2D eigenvalue weighted by Crippen LogP contribution is -2.03. The zero-order valence-corrected chi connectivity index (χ0v) is 18.4. The van der Waals surface area contributed by atoms with E-state index in [1.165, 1.54) is 11.8 Å². The van der Waals surface area contributed by atoms with Crippen molar-refractivity contribution < 1.29 is 9.57 Å². The van der Waals surface area contributed by atoms with Crippen LogP contribution in [-0.2, 0) is 11.3 Å². The summed E-state index contributed by atoms with van der Waals surface area (Å²) in [5.41, 5.74) is 5.01. The number of thioether (sulfide) groups is 1. The first-order chi connectivity index (χ1) is 14.6. The second kappa shape index (κ2) is 10.7. The van der Waals surface area contributed by atoms with Crippen LogP contribution in [0.25, 0.3) is 11.4 Å². The number of oxime groups is 1. The third-order valence-electron chi connectivity index (χ3n) is 4.29. The van der Waals surface area contributed by atoms with E-state index in [0.717, 1.165) is 52.8 Å². The summed E-state index contributed by atoms with van der Waals surface area (Å²) in [4.78, 5) is 23.3. The number of ether oxygens (including phenoxy) is 1. The number of aromatic nitrogens is 4. The van der Waals surface area contributed by atoms with Crippen LogP contribution in [0.2, 0.25) is 0 Å². The molecule has 7 nitrogen and oxygen atoms in total. The molecule has 0 aliphatic carbocycles. The van der Waals surface area contributed by atoms with Crippen molar-refractivity contribution in [3.8, 4) is 17.1 Å². The highest BCUT2D eigenvalue weighted by atomic mass is 32.2. The summed E-state index contributed by atoms with van der Waals surface area (Å²) in [5, 5.41) is 4.88.